The molecular formula is C14H15NO2. The molecule has 0 aliphatic heterocycles. The van der Waals surface area contributed by atoms with Crippen LogP contribution in [-0.2, 0) is 9.53 Å². The third kappa shape index (κ3) is 3.18. The fraction of sp³-hybridized carbons (Fsp3) is 0.286. The van der Waals surface area contributed by atoms with Crippen LogP contribution in [0.15, 0.2) is 29.8 Å². The lowest BCUT2D eigenvalue weighted by atomic mass is 10.0. The van der Waals surface area contributed by atoms with Crippen LogP contribution in [0.4, 0.5) is 0 Å². The van der Waals surface area contributed by atoms with Crippen LogP contribution in [-0.4, -0.2) is 12.6 Å². The van der Waals surface area contributed by atoms with E-state index >= 15 is 0 Å². The predicted octanol–water partition coefficient (Wildman–Crippen LogP) is 2.86. The van der Waals surface area contributed by atoms with Gasteiger partial charge in [0.25, 0.3) is 0 Å². The fourth-order valence-electron chi connectivity index (χ4n) is 1.43. The highest BCUT2D eigenvalue weighted by atomic mass is 16.5. The maximum absolute atomic E-state index is 11.6. The Morgan fingerprint density at radius 2 is 1.94 bits per heavy atom. The van der Waals surface area contributed by atoms with Gasteiger partial charge in [-0.15, -0.1) is 0 Å². The summed E-state index contributed by atoms with van der Waals surface area (Å²) in [6.07, 6.45) is 0. The van der Waals surface area contributed by atoms with E-state index in [0.717, 1.165) is 11.1 Å². The number of hydrogen-bond donors (Lipinski definition) is 0. The smallest absolute Gasteiger partial charge is 0.335 e. The van der Waals surface area contributed by atoms with E-state index in [1.54, 1.807) is 13.8 Å². The van der Waals surface area contributed by atoms with E-state index in [9.17, 15) is 4.79 Å². The van der Waals surface area contributed by atoms with Gasteiger partial charge in [0.1, 0.15) is 6.07 Å². The number of nitrogens with zero attached hydrogens (tertiary/aromatic N) is 1. The van der Waals surface area contributed by atoms with Crippen LogP contribution in [0.3, 0.4) is 0 Å². The molecule has 0 heterocycles. The molecule has 0 saturated carbocycles. The number of allylic oxidation sites excluding steroid dienone is 1. The molecule has 1 rings (SSSR count). The van der Waals surface area contributed by atoms with E-state index in [1.165, 1.54) is 0 Å². The van der Waals surface area contributed by atoms with Crippen LogP contribution >= 0.6 is 0 Å². The van der Waals surface area contributed by atoms with Gasteiger partial charge in [0.15, 0.2) is 0 Å². The van der Waals surface area contributed by atoms with Crippen molar-refractivity contribution in [1.29, 1.82) is 5.26 Å². The maximum Gasteiger partial charge on any atom is 0.335 e. The number of esters is 1. The predicted molar refractivity (Wildman–Crippen MR) is 66.0 cm³/mol. The van der Waals surface area contributed by atoms with Gasteiger partial charge < -0.3 is 4.74 Å². The Balaban J connectivity index is 3.15. The molecule has 3 heteroatoms. The number of nitriles is 1. The van der Waals surface area contributed by atoms with Crippen molar-refractivity contribution in [2.75, 3.05) is 6.61 Å². The molecule has 0 radical (unpaired) electrons. The normalized spacial score (nSPS) is 11.4. The van der Waals surface area contributed by atoms with E-state index in [1.807, 2.05) is 31.2 Å². The van der Waals surface area contributed by atoms with Crippen LogP contribution in [0.5, 0.6) is 0 Å². The number of carbonyl (C=O) groups excluding carboxylic acids is 1. The topological polar surface area (TPSA) is 50.1 Å². The molecule has 1 aromatic rings. The molecule has 1 aromatic carbocycles. The fourth-order valence-corrected chi connectivity index (χ4v) is 1.43. The summed E-state index contributed by atoms with van der Waals surface area (Å²) in [5, 5.41) is 9.12. The van der Waals surface area contributed by atoms with Gasteiger partial charge in [-0.1, -0.05) is 29.8 Å². The van der Waals surface area contributed by atoms with Crippen molar-refractivity contribution < 1.29 is 9.53 Å². The van der Waals surface area contributed by atoms with E-state index < -0.39 is 5.97 Å². The van der Waals surface area contributed by atoms with Crippen LogP contribution in [0.25, 0.3) is 5.57 Å². The van der Waals surface area contributed by atoms with Crippen molar-refractivity contribution in [2.24, 2.45) is 0 Å². The Morgan fingerprint density at radius 3 is 2.41 bits per heavy atom. The zero-order chi connectivity index (χ0) is 12.8. The van der Waals surface area contributed by atoms with Crippen molar-refractivity contribution in [2.45, 2.75) is 20.8 Å². The number of aryl methyl sites for hydroxylation is 1. The maximum atomic E-state index is 11.6. The molecule has 0 bridgehead atoms. The Labute approximate surface area is 101 Å². The molecule has 88 valence electrons. The van der Waals surface area contributed by atoms with Gasteiger partial charge in [-0.3, -0.25) is 0 Å². The highest BCUT2D eigenvalue weighted by Crippen LogP contribution is 2.19. The first-order valence-corrected chi connectivity index (χ1v) is 5.45. The van der Waals surface area contributed by atoms with Gasteiger partial charge in [0.2, 0.25) is 0 Å². The van der Waals surface area contributed by atoms with Crippen molar-refractivity contribution in [3.8, 4) is 6.07 Å². The Bertz CT molecular complexity index is 478. The van der Waals surface area contributed by atoms with Crippen molar-refractivity contribution in [1.82, 2.24) is 0 Å². The van der Waals surface area contributed by atoms with Gasteiger partial charge in [-0.2, -0.15) is 5.26 Å². The first-order chi connectivity index (χ1) is 8.10. The number of ether oxygens (including phenoxy) is 1. The van der Waals surface area contributed by atoms with E-state index in [4.69, 9.17) is 10.00 Å². The molecule has 0 aliphatic carbocycles. The van der Waals surface area contributed by atoms with Crippen LogP contribution in [0, 0.1) is 18.3 Å². The Kier molecular flexibility index (Phi) is 4.47. The summed E-state index contributed by atoms with van der Waals surface area (Å²) >= 11 is 0. The van der Waals surface area contributed by atoms with E-state index in [-0.39, 0.29) is 0 Å². The average Bonchev–Trinajstić information content (AvgIpc) is 2.32. The second-order valence-corrected chi connectivity index (χ2v) is 3.70. The summed E-state index contributed by atoms with van der Waals surface area (Å²) in [6, 6.07) is 9.53. The SMILES string of the molecule is CCOC(=O)/C(C)=C(\C#N)c1ccc(C)cc1. The van der Waals surface area contributed by atoms with Gasteiger partial charge >= 0.3 is 5.97 Å². The van der Waals surface area contributed by atoms with Crippen molar-refractivity contribution in [3.63, 3.8) is 0 Å². The highest BCUT2D eigenvalue weighted by Gasteiger charge is 2.13. The Morgan fingerprint density at radius 1 is 1.35 bits per heavy atom. The summed E-state index contributed by atoms with van der Waals surface area (Å²) in [6.45, 7) is 5.63. The van der Waals surface area contributed by atoms with E-state index in [2.05, 4.69) is 6.07 Å². The number of rotatable bonds is 3. The molecule has 0 unspecified atom stereocenters. The molecule has 0 aromatic heterocycles. The van der Waals surface area contributed by atoms with Gasteiger partial charge in [-0.05, 0) is 26.3 Å². The molecule has 0 fully saturated rings. The minimum absolute atomic E-state index is 0.308. The van der Waals surface area contributed by atoms with Crippen molar-refractivity contribution >= 4 is 11.5 Å². The summed E-state index contributed by atoms with van der Waals surface area (Å²) in [5.41, 5.74) is 2.56. The molecule has 3 nitrogen and oxygen atoms in total. The average molecular weight is 229 g/mol. The standard InChI is InChI=1S/C14H15NO2/c1-4-17-14(16)11(3)13(9-15)12-7-5-10(2)6-8-12/h5-8H,4H2,1-3H3/b13-11+. The van der Waals surface area contributed by atoms with Gasteiger partial charge in [-0.25, -0.2) is 4.79 Å². The van der Waals surface area contributed by atoms with Crippen LogP contribution in [0.1, 0.15) is 25.0 Å². The lowest BCUT2D eigenvalue weighted by Gasteiger charge is -2.05. The zero-order valence-electron chi connectivity index (χ0n) is 10.3. The summed E-state index contributed by atoms with van der Waals surface area (Å²) in [7, 11) is 0. The lowest BCUT2D eigenvalue weighted by molar-refractivity contribution is -0.138. The lowest BCUT2D eigenvalue weighted by Crippen LogP contribution is -2.07. The molecule has 0 aliphatic rings. The second-order valence-electron chi connectivity index (χ2n) is 3.70. The second kappa shape index (κ2) is 5.86. The zero-order valence-corrected chi connectivity index (χ0v) is 10.3. The van der Waals surface area contributed by atoms with Gasteiger partial charge in [0.05, 0.1) is 17.8 Å². The quantitative estimate of drug-likeness (QED) is 0.455. The Hall–Kier alpha value is -2.08. The molecule has 0 spiro atoms. The number of benzene rings is 1. The summed E-state index contributed by atoms with van der Waals surface area (Å²) in [4.78, 5) is 11.6. The number of carbonyl (C=O) groups is 1. The first kappa shape index (κ1) is 13.0. The van der Waals surface area contributed by atoms with E-state index in [0.29, 0.717) is 17.8 Å². The summed E-state index contributed by atoms with van der Waals surface area (Å²) < 4.78 is 4.88. The van der Waals surface area contributed by atoms with Gasteiger partial charge in [0, 0.05) is 0 Å². The first-order valence-electron chi connectivity index (χ1n) is 5.45. The molecule has 0 saturated heterocycles. The molecule has 0 atom stereocenters. The molecule has 17 heavy (non-hydrogen) atoms. The van der Waals surface area contributed by atoms with Crippen molar-refractivity contribution in [3.05, 3.63) is 41.0 Å². The summed E-state index contributed by atoms with van der Waals surface area (Å²) in [5.74, 6) is -0.440. The minimum atomic E-state index is -0.440. The molecule has 0 amide bonds. The monoisotopic (exact) mass is 229 g/mol. The third-order valence-electron chi connectivity index (χ3n) is 2.41. The largest absolute Gasteiger partial charge is 0.463 e. The third-order valence-corrected chi connectivity index (χ3v) is 2.41. The molecular weight excluding hydrogens is 214 g/mol. The van der Waals surface area contributed by atoms with Crippen LogP contribution < -0.4 is 0 Å². The van der Waals surface area contributed by atoms with Crippen LogP contribution in [0.2, 0.25) is 0 Å². The highest BCUT2D eigenvalue weighted by molar-refractivity contribution is 6.00. The number of hydrogen-bond acceptors (Lipinski definition) is 3. The molecule has 0 N–H and O–H groups in total. The minimum Gasteiger partial charge on any atom is -0.463 e.